The minimum Gasteiger partial charge on any atom is -0.508 e. The van der Waals surface area contributed by atoms with Crippen LogP contribution in [0.4, 0.5) is 0 Å². The van der Waals surface area contributed by atoms with Crippen LogP contribution in [0.2, 0.25) is 0 Å². The summed E-state index contributed by atoms with van der Waals surface area (Å²) in [7, 11) is 0. The van der Waals surface area contributed by atoms with Gasteiger partial charge in [-0.3, -0.25) is 19.2 Å². The van der Waals surface area contributed by atoms with E-state index in [0.29, 0.717) is 17.7 Å². The van der Waals surface area contributed by atoms with Gasteiger partial charge in [-0.05, 0) is 54.9 Å². The van der Waals surface area contributed by atoms with Crippen LogP contribution in [0.1, 0.15) is 45.1 Å². The summed E-state index contributed by atoms with van der Waals surface area (Å²) in [6.45, 7) is 3.51. The van der Waals surface area contributed by atoms with Gasteiger partial charge in [-0.1, -0.05) is 32.4 Å². The van der Waals surface area contributed by atoms with Gasteiger partial charge >= 0.3 is 11.9 Å². The molecule has 5 atom stereocenters. The first-order chi connectivity index (χ1) is 17.9. The molecule has 212 valence electrons. The van der Waals surface area contributed by atoms with E-state index in [9.17, 15) is 34.2 Å². The molecule has 0 bridgehead atoms. The van der Waals surface area contributed by atoms with Gasteiger partial charge in [0.25, 0.3) is 0 Å². The van der Waals surface area contributed by atoms with Gasteiger partial charge in [0.05, 0.1) is 6.04 Å². The molecule has 0 saturated carbocycles. The van der Waals surface area contributed by atoms with Gasteiger partial charge in [-0.15, -0.1) is 0 Å². The van der Waals surface area contributed by atoms with E-state index in [0.717, 1.165) is 0 Å². The zero-order valence-electron chi connectivity index (χ0n) is 21.8. The van der Waals surface area contributed by atoms with Crippen molar-refractivity contribution in [3.63, 3.8) is 0 Å². The summed E-state index contributed by atoms with van der Waals surface area (Å²) in [6.07, 6.45) is 1.90. The Morgan fingerprint density at radius 1 is 0.921 bits per heavy atom. The van der Waals surface area contributed by atoms with E-state index < -0.39 is 60.2 Å². The molecular formula is C25H38N4O8S. The topological polar surface area (TPSA) is 208 Å². The fourth-order valence-electron chi connectivity index (χ4n) is 3.50. The second kappa shape index (κ2) is 16.5. The largest absolute Gasteiger partial charge is 0.508 e. The van der Waals surface area contributed by atoms with Gasteiger partial charge in [0.2, 0.25) is 17.7 Å². The van der Waals surface area contributed by atoms with Gasteiger partial charge < -0.3 is 37.0 Å². The number of carbonyl (C=O) groups is 5. The summed E-state index contributed by atoms with van der Waals surface area (Å²) in [5, 5.41) is 35.5. The highest BCUT2D eigenvalue weighted by Gasteiger charge is 2.32. The molecule has 3 amide bonds. The average molecular weight is 555 g/mol. The molecule has 0 spiro atoms. The molecule has 1 rings (SSSR count). The molecule has 0 aromatic heterocycles. The molecule has 38 heavy (non-hydrogen) atoms. The number of aromatic hydroxyl groups is 1. The van der Waals surface area contributed by atoms with Crippen molar-refractivity contribution in [3.05, 3.63) is 29.8 Å². The number of nitrogens with one attached hydrogen (secondary N) is 3. The summed E-state index contributed by atoms with van der Waals surface area (Å²) in [5.74, 6) is -4.38. The normalized spacial score (nSPS) is 14.8. The Bertz CT molecular complexity index is 959. The highest BCUT2D eigenvalue weighted by Crippen LogP contribution is 2.13. The molecule has 0 radical (unpaired) electrons. The van der Waals surface area contributed by atoms with Gasteiger partial charge in [-0.2, -0.15) is 11.8 Å². The van der Waals surface area contributed by atoms with E-state index in [-0.39, 0.29) is 30.9 Å². The van der Waals surface area contributed by atoms with Crippen LogP contribution in [0.25, 0.3) is 0 Å². The third-order valence-corrected chi connectivity index (χ3v) is 6.67. The average Bonchev–Trinajstić information content (AvgIpc) is 2.87. The van der Waals surface area contributed by atoms with Gasteiger partial charge in [-0.25, -0.2) is 4.79 Å². The first-order valence-corrected chi connectivity index (χ1v) is 13.7. The van der Waals surface area contributed by atoms with Gasteiger partial charge in [0.15, 0.2) is 0 Å². The monoisotopic (exact) mass is 554 g/mol. The minimum absolute atomic E-state index is 0.0519. The van der Waals surface area contributed by atoms with Crippen molar-refractivity contribution in [2.75, 3.05) is 12.0 Å². The molecule has 1 aromatic carbocycles. The Labute approximate surface area is 226 Å². The molecule has 1 aromatic rings. The number of rotatable bonds is 17. The predicted molar refractivity (Wildman–Crippen MR) is 143 cm³/mol. The van der Waals surface area contributed by atoms with E-state index in [1.54, 1.807) is 26.0 Å². The molecule has 0 fully saturated rings. The van der Waals surface area contributed by atoms with Gasteiger partial charge in [0.1, 0.15) is 23.9 Å². The second-order valence-electron chi connectivity index (χ2n) is 9.02. The number of thioether (sulfide) groups is 1. The summed E-state index contributed by atoms with van der Waals surface area (Å²) < 4.78 is 0. The van der Waals surface area contributed by atoms with Crippen molar-refractivity contribution >= 4 is 41.4 Å². The zero-order chi connectivity index (χ0) is 28.8. The lowest BCUT2D eigenvalue weighted by molar-refractivity contribution is -0.142. The van der Waals surface area contributed by atoms with Crippen LogP contribution in [0.5, 0.6) is 5.75 Å². The number of carboxylic acid groups (broad SMARTS) is 2. The number of phenols is 1. The van der Waals surface area contributed by atoms with Crippen molar-refractivity contribution < 1.29 is 39.3 Å². The van der Waals surface area contributed by atoms with Crippen molar-refractivity contribution in [3.8, 4) is 5.75 Å². The third-order valence-electron chi connectivity index (χ3n) is 6.03. The standard InChI is InChI=1S/C25H38N4O8S/c1-4-14(2)21(24(35)28-19(25(36)37)11-12-38-3)29-23(34)18(9-10-20(31)32)27-22(33)17(26)13-15-5-7-16(30)8-6-15/h5-8,14,17-19,21,30H,4,9-13,26H2,1-3H3,(H,27,33)(H,28,35)(H,29,34)(H,31,32)(H,36,37). The fourth-order valence-corrected chi connectivity index (χ4v) is 3.98. The lowest BCUT2D eigenvalue weighted by Crippen LogP contribution is -2.58. The Balaban J connectivity index is 3.01. The molecule has 0 heterocycles. The third kappa shape index (κ3) is 11.4. The van der Waals surface area contributed by atoms with Gasteiger partial charge in [0, 0.05) is 6.42 Å². The highest BCUT2D eigenvalue weighted by molar-refractivity contribution is 7.98. The van der Waals surface area contributed by atoms with Crippen LogP contribution >= 0.6 is 11.8 Å². The molecule has 0 aliphatic heterocycles. The molecule has 5 unspecified atom stereocenters. The van der Waals surface area contributed by atoms with E-state index in [2.05, 4.69) is 16.0 Å². The number of carbonyl (C=O) groups excluding carboxylic acids is 3. The lowest BCUT2D eigenvalue weighted by Gasteiger charge is -2.28. The molecule has 0 saturated heterocycles. The Morgan fingerprint density at radius 2 is 1.53 bits per heavy atom. The first kappa shape index (κ1) is 32.7. The molecule has 12 nitrogen and oxygen atoms in total. The molecular weight excluding hydrogens is 516 g/mol. The number of carboxylic acids is 2. The Morgan fingerprint density at radius 3 is 2.05 bits per heavy atom. The number of amides is 3. The van der Waals surface area contributed by atoms with Crippen LogP contribution in [0, 0.1) is 5.92 Å². The molecule has 8 N–H and O–H groups in total. The maximum atomic E-state index is 13.1. The van der Waals surface area contributed by atoms with Crippen molar-refractivity contribution in [1.29, 1.82) is 0 Å². The number of hydrogen-bond acceptors (Lipinski definition) is 8. The summed E-state index contributed by atoms with van der Waals surface area (Å²) in [6, 6.07) is 1.46. The van der Waals surface area contributed by atoms with Crippen molar-refractivity contribution in [2.24, 2.45) is 11.7 Å². The minimum atomic E-state index is -1.30. The highest BCUT2D eigenvalue weighted by atomic mass is 32.2. The molecule has 13 heteroatoms. The fraction of sp³-hybridized carbons (Fsp3) is 0.560. The van der Waals surface area contributed by atoms with Crippen LogP contribution < -0.4 is 21.7 Å². The zero-order valence-corrected chi connectivity index (χ0v) is 22.6. The maximum absolute atomic E-state index is 13.1. The van der Waals surface area contributed by atoms with E-state index in [1.807, 2.05) is 6.26 Å². The quantitative estimate of drug-likeness (QED) is 0.141. The predicted octanol–water partition coefficient (Wildman–Crippen LogP) is 0.465. The number of benzene rings is 1. The Kier molecular flexibility index (Phi) is 14.2. The SMILES string of the molecule is CCC(C)C(NC(=O)C(CCC(=O)O)NC(=O)C(N)Cc1ccc(O)cc1)C(=O)NC(CCSC)C(=O)O. The summed E-state index contributed by atoms with van der Waals surface area (Å²) in [4.78, 5) is 61.6. The second-order valence-corrected chi connectivity index (χ2v) is 10.0. The van der Waals surface area contributed by atoms with Crippen LogP contribution in [-0.4, -0.2) is 81.2 Å². The smallest absolute Gasteiger partial charge is 0.326 e. The number of nitrogens with two attached hydrogens (primary N) is 1. The van der Waals surface area contributed by atoms with Crippen molar-refractivity contribution in [2.45, 2.75) is 70.1 Å². The number of hydrogen-bond donors (Lipinski definition) is 7. The van der Waals surface area contributed by atoms with Crippen LogP contribution in [0.15, 0.2) is 24.3 Å². The number of aliphatic carboxylic acids is 2. The lowest BCUT2D eigenvalue weighted by atomic mass is 9.97. The number of phenolic OH excluding ortho intramolecular Hbond substituents is 1. The first-order valence-electron chi connectivity index (χ1n) is 12.3. The van der Waals surface area contributed by atoms with E-state index in [1.165, 1.54) is 23.9 Å². The Hall–Kier alpha value is -3.32. The maximum Gasteiger partial charge on any atom is 0.326 e. The van der Waals surface area contributed by atoms with E-state index in [4.69, 9.17) is 10.8 Å². The summed E-state index contributed by atoms with van der Waals surface area (Å²) >= 11 is 1.43. The van der Waals surface area contributed by atoms with Crippen LogP contribution in [-0.2, 0) is 30.4 Å². The molecule has 0 aliphatic carbocycles. The van der Waals surface area contributed by atoms with E-state index >= 15 is 0 Å². The van der Waals surface area contributed by atoms with Crippen molar-refractivity contribution in [1.82, 2.24) is 16.0 Å². The summed E-state index contributed by atoms with van der Waals surface area (Å²) in [5.41, 5.74) is 6.66. The van der Waals surface area contributed by atoms with Crippen LogP contribution in [0.3, 0.4) is 0 Å². The molecule has 0 aliphatic rings.